The maximum atomic E-state index is 12.7. The molecular weight excluding hydrogens is 1120 g/mol. The zero-order valence-corrected chi connectivity index (χ0v) is 42.9. The molecule has 9 rings (SSSR count). The molecule has 69 heavy (non-hydrogen) atoms. The molecule has 0 aliphatic carbocycles. The normalized spacial score (nSPS) is 12.9. The number of benzene rings is 2. The lowest BCUT2D eigenvalue weighted by Crippen LogP contribution is -2.49. The first-order valence-corrected chi connectivity index (χ1v) is 23.9. The highest BCUT2D eigenvalue weighted by molar-refractivity contribution is 14.1. The van der Waals surface area contributed by atoms with Crippen LogP contribution in [0.4, 0.5) is 11.4 Å². The van der Waals surface area contributed by atoms with Crippen molar-refractivity contribution in [2.45, 2.75) is 35.2 Å². The topological polar surface area (TPSA) is 201 Å². The van der Waals surface area contributed by atoms with E-state index in [4.69, 9.17) is 69.6 Å². The summed E-state index contributed by atoms with van der Waals surface area (Å²) in [5.41, 5.74) is 6.56. The van der Waals surface area contributed by atoms with E-state index in [1.807, 2.05) is 76.6 Å². The lowest BCUT2D eigenvalue weighted by molar-refractivity contribution is -0.132. The van der Waals surface area contributed by atoms with E-state index in [2.05, 4.69) is 63.9 Å². The number of halogens is 7. The Labute approximate surface area is 445 Å². The van der Waals surface area contributed by atoms with Gasteiger partial charge in [-0.2, -0.15) is 10.2 Å². The average molecular weight is 1180 g/mol. The second kappa shape index (κ2) is 28.9. The van der Waals surface area contributed by atoms with Crippen molar-refractivity contribution in [3.8, 4) is 0 Å². The molecular formula is C46H54Cl6IN13O3. The van der Waals surface area contributed by atoms with Crippen LogP contribution in [0.15, 0.2) is 85.6 Å². The van der Waals surface area contributed by atoms with Gasteiger partial charge in [0.15, 0.2) is 6.29 Å². The number of piperazine rings is 2. The van der Waals surface area contributed by atoms with Gasteiger partial charge in [-0.1, -0.05) is 72.9 Å². The third-order valence-electron chi connectivity index (χ3n) is 10.4. The van der Waals surface area contributed by atoms with Crippen molar-refractivity contribution >= 4 is 143 Å². The Morgan fingerprint density at radius 2 is 1.19 bits per heavy atom. The second-order valence-corrected chi connectivity index (χ2v) is 18.0. The quantitative estimate of drug-likeness (QED) is 0.0356. The lowest BCUT2D eigenvalue weighted by atomic mass is 10.2. The van der Waals surface area contributed by atoms with Gasteiger partial charge in [0, 0.05) is 102 Å². The number of rotatable bonds is 6. The van der Waals surface area contributed by atoms with E-state index >= 15 is 0 Å². The minimum absolute atomic E-state index is 0. The monoisotopic (exact) mass is 1170 g/mol. The Kier molecular flexibility index (Phi) is 24.6. The van der Waals surface area contributed by atoms with Crippen LogP contribution in [0.5, 0.6) is 0 Å². The van der Waals surface area contributed by atoms with Gasteiger partial charge in [-0.15, -0.1) is 11.6 Å². The highest BCUT2D eigenvalue weighted by atomic mass is 127. The number of carbonyl (C=O) groups excluding carboxylic acids is 3. The molecule has 2 aliphatic rings. The minimum atomic E-state index is 0. The number of pyridine rings is 3. The largest absolute Gasteiger partial charge is 0.368 e. The molecule has 2 fully saturated rings. The molecule has 5 aromatic heterocycles. The number of nitrogens with zero attached hydrogens (tertiary/aromatic N) is 10. The summed E-state index contributed by atoms with van der Waals surface area (Å²) in [5, 5.41) is 15.4. The second-order valence-electron chi connectivity index (χ2n) is 14.6. The van der Waals surface area contributed by atoms with Crippen LogP contribution in [0.25, 0.3) is 21.8 Å². The Morgan fingerprint density at radius 1 is 0.696 bits per heavy atom. The van der Waals surface area contributed by atoms with Crippen molar-refractivity contribution in [1.82, 2.24) is 44.7 Å². The number of alkyl halides is 1. The highest BCUT2D eigenvalue weighted by Gasteiger charge is 2.23. The lowest BCUT2D eigenvalue weighted by Gasteiger charge is -2.36. The zero-order valence-electron chi connectivity index (χ0n) is 36.2. The summed E-state index contributed by atoms with van der Waals surface area (Å²) in [6.07, 6.45) is 8.96. The van der Waals surface area contributed by atoms with Crippen LogP contribution in [0.1, 0.15) is 36.3 Å². The van der Waals surface area contributed by atoms with E-state index in [0.29, 0.717) is 35.2 Å². The van der Waals surface area contributed by atoms with Crippen LogP contribution in [0, 0.1) is 17.4 Å². The molecule has 0 radical (unpaired) electrons. The molecule has 0 bridgehead atoms. The number of hydrazine groups is 1. The summed E-state index contributed by atoms with van der Waals surface area (Å²) in [6.45, 7) is 10.3. The molecule has 5 N–H and O–H groups in total. The summed E-state index contributed by atoms with van der Waals surface area (Å²) in [6, 6.07) is 17.4. The molecule has 0 atom stereocenters. The first-order valence-electron chi connectivity index (χ1n) is 20.4. The maximum absolute atomic E-state index is 12.7. The third-order valence-corrected chi connectivity index (χ3v) is 13.4. The number of nitrogens with two attached hydrogens (primary N) is 2. The zero-order chi connectivity index (χ0) is 48.6. The third kappa shape index (κ3) is 16.2. The standard InChI is InChI=1S/C19H19Cl2N5O.C13H16Cl2N2O.C6H3ClINO.C6H4ClN3.2CH4.H4N2/c1-13-10-14(2-3-16(13)20)24-6-8-25(9-7-24)18(27)12-26-11-15-17(23-26)4-5-22-19(15)21;1-10-8-11(2-3-12(10)15)16-4-6-17(7-5-16)13(18)9-14;7-6-4(3-10)5(8)1-2-9-6;7-6-4-3-9-10-5(4)1-2-8-6;;;1-2/h2-5,10-11H,6-9,12H2,1H3;2-3,8H,4-7,9H2,1H3;1-3H;1-3H,(H,9,10);2*1H4;1-2H2. The Balaban J connectivity index is 0.000000259. The Bertz CT molecular complexity index is 2750. The molecule has 16 nitrogen and oxygen atoms in total. The van der Waals surface area contributed by atoms with Gasteiger partial charge in [0.05, 0.1) is 33.6 Å². The highest BCUT2D eigenvalue weighted by Crippen LogP contribution is 2.26. The van der Waals surface area contributed by atoms with Crippen LogP contribution in [-0.4, -0.2) is 121 Å². The van der Waals surface area contributed by atoms with E-state index in [0.717, 1.165) is 97.2 Å². The van der Waals surface area contributed by atoms with Crippen molar-refractivity contribution in [3.05, 3.63) is 131 Å². The number of carbonyl (C=O) groups is 3. The number of hydrogen-bond acceptors (Lipinski definition) is 12. The Hall–Kier alpha value is -4.57. The fourth-order valence-electron chi connectivity index (χ4n) is 6.81. The number of aldehydes is 1. The van der Waals surface area contributed by atoms with Crippen molar-refractivity contribution in [2.75, 3.05) is 68.0 Å². The molecule has 23 heteroatoms. The predicted molar refractivity (Wildman–Crippen MR) is 291 cm³/mol. The molecule has 2 saturated heterocycles. The number of aromatic nitrogens is 7. The van der Waals surface area contributed by atoms with Gasteiger partial charge in [0.25, 0.3) is 0 Å². The molecule has 0 spiro atoms. The summed E-state index contributed by atoms with van der Waals surface area (Å²) in [4.78, 5) is 54.3. The van der Waals surface area contributed by atoms with Gasteiger partial charge < -0.3 is 19.6 Å². The van der Waals surface area contributed by atoms with Gasteiger partial charge in [-0.25, -0.2) is 15.0 Å². The molecule has 7 heterocycles. The van der Waals surface area contributed by atoms with Gasteiger partial charge in [-0.05, 0) is 102 Å². The summed E-state index contributed by atoms with van der Waals surface area (Å²) in [7, 11) is 0. The molecule has 2 aliphatic heterocycles. The van der Waals surface area contributed by atoms with Gasteiger partial charge in [-0.3, -0.25) is 35.8 Å². The summed E-state index contributed by atoms with van der Waals surface area (Å²) in [5.74, 6) is 8.14. The number of amides is 2. The smallest absolute Gasteiger partial charge is 0.244 e. The van der Waals surface area contributed by atoms with Crippen LogP contribution in [0.2, 0.25) is 25.5 Å². The number of anilines is 2. The van der Waals surface area contributed by atoms with Crippen molar-refractivity contribution in [1.29, 1.82) is 0 Å². The Morgan fingerprint density at radius 3 is 1.65 bits per heavy atom. The molecule has 0 unspecified atom stereocenters. The predicted octanol–water partition coefficient (Wildman–Crippen LogP) is 9.79. The summed E-state index contributed by atoms with van der Waals surface area (Å²) >= 11 is 37.1. The molecule has 0 saturated carbocycles. The van der Waals surface area contributed by atoms with Gasteiger partial charge in [0.1, 0.15) is 27.9 Å². The number of hydrogen-bond donors (Lipinski definition) is 3. The average Bonchev–Trinajstić information content (AvgIpc) is 4.01. The van der Waals surface area contributed by atoms with Crippen LogP contribution in [0.3, 0.4) is 0 Å². The van der Waals surface area contributed by atoms with Gasteiger partial charge in [0.2, 0.25) is 11.8 Å². The van der Waals surface area contributed by atoms with Crippen molar-refractivity contribution in [3.63, 3.8) is 0 Å². The summed E-state index contributed by atoms with van der Waals surface area (Å²) < 4.78 is 2.46. The van der Waals surface area contributed by atoms with Crippen LogP contribution in [-0.2, 0) is 16.1 Å². The number of aromatic amines is 1. The van der Waals surface area contributed by atoms with Crippen molar-refractivity contribution < 1.29 is 14.4 Å². The molecule has 370 valence electrons. The van der Waals surface area contributed by atoms with E-state index in [9.17, 15) is 14.4 Å². The van der Waals surface area contributed by atoms with E-state index < -0.39 is 0 Å². The van der Waals surface area contributed by atoms with E-state index in [1.54, 1.807) is 47.8 Å². The first-order chi connectivity index (χ1) is 32.3. The van der Waals surface area contributed by atoms with Gasteiger partial charge >= 0.3 is 0 Å². The molecule has 2 aromatic carbocycles. The number of aryl methyl sites for hydroxylation is 2. The molecule has 2 amide bonds. The minimum Gasteiger partial charge on any atom is -0.368 e. The number of H-pyrrole nitrogens is 1. The number of fused-ring (bicyclic) bond motifs is 2. The fourth-order valence-corrected chi connectivity index (χ4v) is 8.53. The fraction of sp³-hybridized carbons (Fsp3) is 0.304. The maximum Gasteiger partial charge on any atom is 0.244 e. The first kappa shape index (κ1) is 58.7. The SMILES string of the molecule is C.C.Cc1cc(N2CCN(C(=O)CCl)CC2)ccc1Cl.Cc1cc(N2CCN(C(=O)Cn3cc4c(Cl)nccc4n3)CC2)ccc1Cl.Clc1nccc2[nH]ncc12.NN.O=Cc1c(I)ccnc1Cl. The van der Waals surface area contributed by atoms with Crippen molar-refractivity contribution in [2.24, 2.45) is 11.7 Å². The molecule has 7 aromatic rings. The van der Waals surface area contributed by atoms with Crippen LogP contribution < -0.4 is 21.5 Å². The number of nitrogens with one attached hydrogen (secondary N) is 1. The van der Waals surface area contributed by atoms with E-state index in [-0.39, 0.29) is 44.2 Å². The van der Waals surface area contributed by atoms with Crippen LogP contribution >= 0.6 is 92.2 Å². The van der Waals surface area contributed by atoms with E-state index in [1.165, 1.54) is 0 Å².